The minimum Gasteiger partial charge on any atom is -0.481 e. The first-order valence-corrected chi connectivity index (χ1v) is 12.0. The van der Waals surface area contributed by atoms with Crippen molar-refractivity contribution in [1.29, 1.82) is 0 Å². The molecule has 5 nitrogen and oxygen atoms in total. The molecule has 1 aliphatic carbocycles. The van der Waals surface area contributed by atoms with Gasteiger partial charge in [-0.2, -0.15) is 0 Å². The van der Waals surface area contributed by atoms with Crippen LogP contribution in [0.1, 0.15) is 35.2 Å². The Kier molecular flexibility index (Phi) is 5.87. The Bertz CT molecular complexity index is 1400. The number of aromatic nitrogens is 1. The zero-order valence-corrected chi connectivity index (χ0v) is 19.4. The minimum absolute atomic E-state index is 0.131. The third-order valence-corrected chi connectivity index (χ3v) is 7.36. The molecule has 2 atom stereocenters. The van der Waals surface area contributed by atoms with E-state index in [1.54, 1.807) is 30.3 Å². The maximum Gasteiger partial charge on any atom is 0.307 e. The van der Waals surface area contributed by atoms with Crippen LogP contribution in [0, 0.1) is 24.6 Å². The highest BCUT2D eigenvalue weighted by molar-refractivity contribution is 7.22. The summed E-state index contributed by atoms with van der Waals surface area (Å²) in [5, 5.41) is 13.1. The largest absolute Gasteiger partial charge is 0.481 e. The van der Waals surface area contributed by atoms with Crippen LogP contribution in [-0.4, -0.2) is 21.8 Å². The average molecular weight is 475 g/mol. The summed E-state index contributed by atoms with van der Waals surface area (Å²) in [5.74, 6) is -2.52. The fraction of sp³-hybridized carbons (Fsp3) is 0.222. The lowest BCUT2D eigenvalue weighted by Crippen LogP contribution is -2.25. The second-order valence-electron chi connectivity index (χ2n) is 8.73. The fourth-order valence-corrected chi connectivity index (χ4v) is 5.58. The molecule has 1 saturated carbocycles. The number of hydrogen-bond acceptors (Lipinski definition) is 5. The summed E-state index contributed by atoms with van der Waals surface area (Å²) in [6, 6.07) is 17.9. The van der Waals surface area contributed by atoms with Crippen molar-refractivity contribution in [2.45, 2.75) is 26.2 Å². The lowest BCUT2D eigenvalue weighted by molar-refractivity contribution is -0.142. The molecule has 4 aromatic rings. The van der Waals surface area contributed by atoms with Gasteiger partial charge in [0.1, 0.15) is 5.82 Å². The van der Waals surface area contributed by atoms with E-state index in [-0.39, 0.29) is 5.78 Å². The van der Waals surface area contributed by atoms with Crippen molar-refractivity contribution in [3.05, 3.63) is 77.6 Å². The molecule has 172 valence electrons. The van der Waals surface area contributed by atoms with E-state index in [1.165, 1.54) is 17.4 Å². The van der Waals surface area contributed by atoms with Crippen molar-refractivity contribution in [2.24, 2.45) is 11.8 Å². The number of aryl methyl sites for hydroxylation is 1. The molecule has 0 spiro atoms. The second-order valence-corrected chi connectivity index (χ2v) is 9.76. The molecule has 0 saturated heterocycles. The van der Waals surface area contributed by atoms with Gasteiger partial charge in [0.2, 0.25) is 0 Å². The number of anilines is 2. The molecule has 1 aliphatic rings. The number of halogens is 1. The molecular formula is C27H23FN2O3S. The third kappa shape index (κ3) is 4.31. The van der Waals surface area contributed by atoms with Crippen molar-refractivity contribution in [3.8, 4) is 11.1 Å². The first-order chi connectivity index (χ1) is 16.4. The Balaban J connectivity index is 1.32. The van der Waals surface area contributed by atoms with Gasteiger partial charge in [0.25, 0.3) is 0 Å². The molecule has 3 aromatic carbocycles. The Morgan fingerprint density at radius 3 is 2.47 bits per heavy atom. The van der Waals surface area contributed by atoms with Crippen LogP contribution in [0.3, 0.4) is 0 Å². The second kappa shape index (κ2) is 8.99. The van der Waals surface area contributed by atoms with Crippen LogP contribution in [-0.2, 0) is 4.79 Å². The molecule has 7 heteroatoms. The summed E-state index contributed by atoms with van der Waals surface area (Å²) in [6.45, 7) is 2.02. The Labute approximate surface area is 200 Å². The topological polar surface area (TPSA) is 79.3 Å². The predicted octanol–water partition coefficient (Wildman–Crippen LogP) is 6.84. The molecule has 2 unspecified atom stereocenters. The monoisotopic (exact) mass is 474 g/mol. The van der Waals surface area contributed by atoms with Crippen LogP contribution < -0.4 is 5.32 Å². The Morgan fingerprint density at radius 1 is 1.00 bits per heavy atom. The molecule has 1 heterocycles. The summed E-state index contributed by atoms with van der Waals surface area (Å²) in [5.41, 5.74) is 4.32. The van der Waals surface area contributed by atoms with Gasteiger partial charge in [-0.05, 0) is 60.7 Å². The number of nitrogens with one attached hydrogen (secondary N) is 1. The van der Waals surface area contributed by atoms with Crippen molar-refractivity contribution >= 4 is 44.1 Å². The maximum atomic E-state index is 14.9. The van der Waals surface area contributed by atoms with Crippen molar-refractivity contribution in [3.63, 3.8) is 0 Å². The number of ketones is 1. The molecule has 34 heavy (non-hydrogen) atoms. The molecule has 0 amide bonds. The number of Topliss-reactive ketones (excluding diaryl/α,β-unsaturated/α-hetero) is 1. The summed E-state index contributed by atoms with van der Waals surface area (Å²) >= 11 is 1.47. The lowest BCUT2D eigenvalue weighted by Gasteiger charge is -2.15. The van der Waals surface area contributed by atoms with E-state index in [0.717, 1.165) is 27.8 Å². The highest BCUT2D eigenvalue weighted by Crippen LogP contribution is 2.35. The third-order valence-electron chi connectivity index (χ3n) is 6.43. The molecule has 0 aliphatic heterocycles. The number of carboxylic acid groups (broad SMARTS) is 1. The normalized spacial score (nSPS) is 17.7. The number of aliphatic carboxylic acids is 1. The first-order valence-electron chi connectivity index (χ1n) is 11.2. The van der Waals surface area contributed by atoms with Crippen molar-refractivity contribution < 1.29 is 19.1 Å². The van der Waals surface area contributed by atoms with Crippen LogP contribution in [0.15, 0.2) is 60.7 Å². The zero-order chi connectivity index (χ0) is 23.8. The van der Waals surface area contributed by atoms with Crippen LogP contribution in [0.5, 0.6) is 0 Å². The number of rotatable bonds is 6. The van der Waals surface area contributed by atoms with Crippen LogP contribution in [0.2, 0.25) is 0 Å². The van der Waals surface area contributed by atoms with E-state index in [4.69, 9.17) is 0 Å². The summed E-state index contributed by atoms with van der Waals surface area (Å²) in [6.07, 6.45) is 1.90. The standard InChI is InChI=1S/C27H23FN2O3S/c1-15-5-11-23-24(13-15)34-27(30-23)29-22-12-10-18(14-21(22)28)16-6-8-17(9-7-16)25(31)19-3-2-4-20(19)26(32)33/h5-14,19-20H,2-4H2,1H3,(H,29,30)(H,32,33). The molecule has 5 rings (SSSR count). The van der Waals surface area contributed by atoms with Gasteiger partial charge in [-0.25, -0.2) is 9.37 Å². The molecule has 0 radical (unpaired) electrons. The van der Waals surface area contributed by atoms with Gasteiger partial charge in [-0.3, -0.25) is 9.59 Å². The number of fused-ring (bicyclic) bond motifs is 1. The van der Waals surface area contributed by atoms with E-state index < -0.39 is 23.6 Å². The molecule has 2 N–H and O–H groups in total. The highest BCUT2D eigenvalue weighted by atomic mass is 32.1. The Morgan fingerprint density at radius 2 is 1.74 bits per heavy atom. The van der Waals surface area contributed by atoms with Gasteiger partial charge >= 0.3 is 5.97 Å². The van der Waals surface area contributed by atoms with Crippen molar-refractivity contribution in [2.75, 3.05) is 5.32 Å². The van der Waals surface area contributed by atoms with Gasteiger partial charge in [0, 0.05) is 11.5 Å². The highest BCUT2D eigenvalue weighted by Gasteiger charge is 2.37. The lowest BCUT2D eigenvalue weighted by atomic mass is 9.88. The van der Waals surface area contributed by atoms with Gasteiger partial charge in [-0.1, -0.05) is 54.2 Å². The van der Waals surface area contributed by atoms with Crippen LogP contribution in [0.4, 0.5) is 15.2 Å². The van der Waals surface area contributed by atoms with Crippen LogP contribution in [0.25, 0.3) is 21.3 Å². The number of hydrogen-bond donors (Lipinski definition) is 2. The van der Waals surface area contributed by atoms with Gasteiger partial charge in [0.15, 0.2) is 10.9 Å². The van der Waals surface area contributed by atoms with E-state index in [2.05, 4.69) is 16.4 Å². The van der Waals surface area contributed by atoms with Gasteiger partial charge < -0.3 is 10.4 Å². The van der Waals surface area contributed by atoms with E-state index >= 15 is 0 Å². The summed E-state index contributed by atoms with van der Waals surface area (Å²) < 4.78 is 15.9. The van der Waals surface area contributed by atoms with Crippen LogP contribution >= 0.6 is 11.3 Å². The number of benzene rings is 3. The number of carbonyl (C=O) groups is 2. The maximum absolute atomic E-state index is 14.9. The smallest absolute Gasteiger partial charge is 0.307 e. The first kappa shape index (κ1) is 22.2. The van der Waals surface area contributed by atoms with E-state index in [9.17, 15) is 19.1 Å². The number of carboxylic acids is 1. The summed E-state index contributed by atoms with van der Waals surface area (Å²) in [4.78, 5) is 28.8. The number of thiazole rings is 1. The van der Waals surface area contributed by atoms with E-state index in [0.29, 0.717) is 34.8 Å². The average Bonchev–Trinajstić information content (AvgIpc) is 3.47. The van der Waals surface area contributed by atoms with Crippen molar-refractivity contribution in [1.82, 2.24) is 4.98 Å². The number of carbonyl (C=O) groups excluding carboxylic acids is 1. The fourth-order valence-electron chi connectivity index (χ4n) is 4.61. The molecule has 0 bridgehead atoms. The minimum atomic E-state index is -0.905. The zero-order valence-electron chi connectivity index (χ0n) is 18.5. The van der Waals surface area contributed by atoms with Gasteiger partial charge in [0.05, 0.1) is 21.8 Å². The molecular weight excluding hydrogens is 451 g/mol. The Hall–Kier alpha value is -3.58. The molecule has 1 fully saturated rings. The molecule has 1 aromatic heterocycles. The number of nitrogens with zero attached hydrogens (tertiary/aromatic N) is 1. The van der Waals surface area contributed by atoms with Gasteiger partial charge in [-0.15, -0.1) is 0 Å². The predicted molar refractivity (Wildman–Crippen MR) is 132 cm³/mol. The quantitative estimate of drug-likeness (QED) is 0.299. The van der Waals surface area contributed by atoms with E-state index in [1.807, 2.05) is 25.1 Å². The summed E-state index contributed by atoms with van der Waals surface area (Å²) in [7, 11) is 0. The SMILES string of the molecule is Cc1ccc2nc(Nc3ccc(-c4ccc(C(=O)C5CCCC5C(=O)O)cc4)cc3F)sc2c1.